The summed E-state index contributed by atoms with van der Waals surface area (Å²) >= 11 is 4.22. The molecule has 0 aliphatic rings. The predicted octanol–water partition coefficient (Wildman–Crippen LogP) is 4.87. The maximum absolute atomic E-state index is 9.38. The Morgan fingerprint density at radius 2 is 1.43 bits per heavy atom. The van der Waals surface area contributed by atoms with E-state index in [0.717, 1.165) is 24.3 Å². The first-order chi connectivity index (χ1) is 10.4. The molecule has 21 heavy (non-hydrogen) atoms. The van der Waals surface area contributed by atoms with Crippen molar-refractivity contribution in [1.82, 2.24) is 0 Å². The molecular weight excluding hydrogens is 280 g/mol. The van der Waals surface area contributed by atoms with E-state index in [2.05, 4.69) is 12.6 Å². The van der Waals surface area contributed by atoms with Crippen LogP contribution in [0.4, 0.5) is 0 Å². The molecule has 1 aromatic carbocycles. The standard InChI is InChI=1S/C18H30O2S/c19-16-18(20-17-12-9-7-10-13-17)14-8-5-3-1-2-4-6-11-15-21/h7,9-10,12-13,18-19,21H,1-6,8,11,14-16H2. The summed E-state index contributed by atoms with van der Waals surface area (Å²) in [4.78, 5) is 0. The van der Waals surface area contributed by atoms with Gasteiger partial charge in [0.1, 0.15) is 11.9 Å². The van der Waals surface area contributed by atoms with Crippen LogP contribution in [0, 0.1) is 0 Å². The maximum atomic E-state index is 9.38. The highest BCUT2D eigenvalue weighted by Crippen LogP contribution is 2.15. The van der Waals surface area contributed by atoms with Gasteiger partial charge in [-0.15, -0.1) is 0 Å². The highest BCUT2D eigenvalue weighted by molar-refractivity contribution is 7.80. The SMILES string of the molecule is OCC(CCCCCCCCCCS)Oc1ccccc1. The lowest BCUT2D eigenvalue weighted by atomic mass is 10.1. The Hall–Kier alpha value is -0.670. The Bertz CT molecular complexity index is 329. The number of unbranched alkanes of at least 4 members (excludes halogenated alkanes) is 7. The molecule has 0 fully saturated rings. The highest BCUT2D eigenvalue weighted by atomic mass is 32.1. The van der Waals surface area contributed by atoms with E-state index >= 15 is 0 Å². The summed E-state index contributed by atoms with van der Waals surface area (Å²) in [6, 6.07) is 9.76. The Labute approximate surface area is 135 Å². The first kappa shape index (κ1) is 18.4. The van der Waals surface area contributed by atoms with Gasteiger partial charge in [-0.05, 0) is 37.1 Å². The summed E-state index contributed by atoms with van der Waals surface area (Å²) in [5.74, 6) is 1.87. The number of hydrogen-bond donors (Lipinski definition) is 2. The quantitative estimate of drug-likeness (QED) is 0.402. The maximum Gasteiger partial charge on any atom is 0.122 e. The van der Waals surface area contributed by atoms with Crippen LogP contribution in [0.2, 0.25) is 0 Å². The number of thiol groups is 1. The number of ether oxygens (including phenoxy) is 1. The third-order valence-electron chi connectivity index (χ3n) is 3.68. The zero-order valence-corrected chi connectivity index (χ0v) is 13.9. The highest BCUT2D eigenvalue weighted by Gasteiger charge is 2.08. The molecule has 0 aliphatic heterocycles. The molecule has 2 nitrogen and oxygen atoms in total. The lowest BCUT2D eigenvalue weighted by Gasteiger charge is -2.16. The fourth-order valence-electron chi connectivity index (χ4n) is 2.42. The molecule has 1 N–H and O–H groups in total. The van der Waals surface area contributed by atoms with Gasteiger partial charge in [0.15, 0.2) is 0 Å². The third-order valence-corrected chi connectivity index (χ3v) is 4.00. The Kier molecular flexibility index (Phi) is 11.4. The molecule has 0 saturated carbocycles. The largest absolute Gasteiger partial charge is 0.488 e. The van der Waals surface area contributed by atoms with Gasteiger partial charge in [-0.25, -0.2) is 0 Å². The van der Waals surface area contributed by atoms with E-state index in [0.29, 0.717) is 0 Å². The first-order valence-electron chi connectivity index (χ1n) is 8.30. The average molecular weight is 311 g/mol. The fraction of sp³-hybridized carbons (Fsp3) is 0.667. The first-order valence-corrected chi connectivity index (χ1v) is 8.93. The second kappa shape index (κ2) is 13.0. The number of aliphatic hydroxyl groups excluding tert-OH is 1. The Balaban J connectivity index is 2.00. The molecular formula is C18H30O2S. The van der Waals surface area contributed by atoms with Gasteiger partial charge in [-0.2, -0.15) is 12.6 Å². The van der Waals surface area contributed by atoms with Gasteiger partial charge in [-0.3, -0.25) is 0 Å². The van der Waals surface area contributed by atoms with E-state index in [4.69, 9.17) is 4.74 Å². The number of aliphatic hydroxyl groups is 1. The number of rotatable bonds is 13. The Morgan fingerprint density at radius 1 is 0.857 bits per heavy atom. The lowest BCUT2D eigenvalue weighted by molar-refractivity contribution is 0.106. The molecule has 1 aromatic rings. The van der Waals surface area contributed by atoms with Gasteiger partial charge >= 0.3 is 0 Å². The van der Waals surface area contributed by atoms with Crippen LogP contribution in [0.3, 0.4) is 0 Å². The predicted molar refractivity (Wildman–Crippen MR) is 93.3 cm³/mol. The van der Waals surface area contributed by atoms with Gasteiger partial charge < -0.3 is 9.84 Å². The van der Waals surface area contributed by atoms with Gasteiger partial charge in [0.2, 0.25) is 0 Å². The van der Waals surface area contributed by atoms with Crippen molar-refractivity contribution in [2.24, 2.45) is 0 Å². The molecule has 0 bridgehead atoms. The van der Waals surface area contributed by atoms with Gasteiger partial charge in [0, 0.05) is 0 Å². The van der Waals surface area contributed by atoms with Crippen molar-refractivity contribution in [3.63, 3.8) is 0 Å². The summed E-state index contributed by atoms with van der Waals surface area (Å²) < 4.78 is 5.78. The summed E-state index contributed by atoms with van der Waals surface area (Å²) in [6.07, 6.45) is 11.1. The molecule has 0 aromatic heterocycles. The van der Waals surface area contributed by atoms with Gasteiger partial charge in [0.05, 0.1) is 6.61 Å². The van der Waals surface area contributed by atoms with Crippen LogP contribution < -0.4 is 4.74 Å². The van der Waals surface area contributed by atoms with Crippen molar-refractivity contribution in [3.8, 4) is 5.75 Å². The van der Waals surface area contributed by atoms with Crippen LogP contribution in [0.25, 0.3) is 0 Å². The fourth-order valence-corrected chi connectivity index (χ4v) is 2.65. The van der Waals surface area contributed by atoms with Crippen molar-refractivity contribution < 1.29 is 9.84 Å². The second-order valence-corrected chi connectivity index (χ2v) is 6.02. The molecule has 1 rings (SSSR count). The Morgan fingerprint density at radius 3 is 2.00 bits per heavy atom. The van der Waals surface area contributed by atoms with Crippen LogP contribution in [0.1, 0.15) is 57.8 Å². The molecule has 0 saturated heterocycles. The molecule has 1 atom stereocenters. The topological polar surface area (TPSA) is 29.5 Å². The zero-order valence-electron chi connectivity index (χ0n) is 13.0. The molecule has 0 spiro atoms. The van der Waals surface area contributed by atoms with E-state index in [1.807, 2.05) is 30.3 Å². The van der Waals surface area contributed by atoms with Crippen molar-refractivity contribution in [3.05, 3.63) is 30.3 Å². The normalized spacial score (nSPS) is 12.3. The summed E-state index contributed by atoms with van der Waals surface area (Å²) in [6.45, 7) is 0.0959. The molecule has 0 radical (unpaired) electrons. The van der Waals surface area contributed by atoms with Crippen molar-refractivity contribution in [2.75, 3.05) is 12.4 Å². The summed E-state index contributed by atoms with van der Waals surface area (Å²) in [7, 11) is 0. The van der Waals surface area contributed by atoms with Crippen LogP contribution in [-0.2, 0) is 0 Å². The smallest absolute Gasteiger partial charge is 0.122 e. The van der Waals surface area contributed by atoms with E-state index in [1.54, 1.807) is 0 Å². The molecule has 1 unspecified atom stereocenters. The lowest BCUT2D eigenvalue weighted by Crippen LogP contribution is -2.20. The molecule has 3 heteroatoms. The number of benzene rings is 1. The van der Waals surface area contributed by atoms with Crippen LogP contribution in [0.15, 0.2) is 30.3 Å². The molecule has 120 valence electrons. The summed E-state index contributed by atoms with van der Waals surface area (Å²) in [5, 5.41) is 9.38. The van der Waals surface area contributed by atoms with E-state index in [9.17, 15) is 5.11 Å². The van der Waals surface area contributed by atoms with Crippen LogP contribution in [0.5, 0.6) is 5.75 Å². The summed E-state index contributed by atoms with van der Waals surface area (Å²) in [5.41, 5.74) is 0. The second-order valence-electron chi connectivity index (χ2n) is 5.58. The zero-order chi connectivity index (χ0) is 15.2. The minimum Gasteiger partial charge on any atom is -0.488 e. The van der Waals surface area contributed by atoms with E-state index < -0.39 is 0 Å². The molecule has 0 heterocycles. The molecule has 0 aliphatic carbocycles. The third kappa shape index (κ3) is 9.81. The number of hydrogen-bond acceptors (Lipinski definition) is 3. The van der Waals surface area contributed by atoms with Crippen LogP contribution >= 0.6 is 12.6 Å². The van der Waals surface area contributed by atoms with Crippen molar-refractivity contribution >= 4 is 12.6 Å². The number of para-hydroxylation sites is 1. The monoisotopic (exact) mass is 310 g/mol. The van der Waals surface area contributed by atoms with Crippen LogP contribution in [-0.4, -0.2) is 23.6 Å². The minimum atomic E-state index is -0.0669. The van der Waals surface area contributed by atoms with Crippen molar-refractivity contribution in [1.29, 1.82) is 0 Å². The average Bonchev–Trinajstić information content (AvgIpc) is 2.53. The van der Waals surface area contributed by atoms with Gasteiger partial charge in [0.25, 0.3) is 0 Å². The van der Waals surface area contributed by atoms with E-state index in [-0.39, 0.29) is 12.7 Å². The van der Waals surface area contributed by atoms with Gasteiger partial charge in [-0.1, -0.05) is 56.7 Å². The molecule has 0 amide bonds. The minimum absolute atomic E-state index is 0.0669. The van der Waals surface area contributed by atoms with E-state index in [1.165, 1.54) is 44.9 Å². The van der Waals surface area contributed by atoms with Crippen molar-refractivity contribution in [2.45, 2.75) is 63.9 Å².